The Hall–Kier alpha value is -0.660. The minimum Gasteiger partial charge on any atom is -0.509 e. The largest absolute Gasteiger partial charge is 0.509 e. The zero-order valence-electron chi connectivity index (χ0n) is 22.3. The number of hydrogen-bond acceptors (Lipinski definition) is 2. The molecule has 1 unspecified atom stereocenters. The molecule has 2 nitrogen and oxygen atoms in total. The molecule has 0 aromatic carbocycles. The van der Waals surface area contributed by atoms with E-state index in [0.29, 0.717) is 39.9 Å². The fourth-order valence-electron chi connectivity index (χ4n) is 11.1. The maximum Gasteiger partial charge on any atom is 0.135 e. The minimum absolute atomic E-state index is 0.0768. The molecular weight excluding hydrogens is 392 g/mol. The summed E-state index contributed by atoms with van der Waals surface area (Å²) in [5.41, 5.74) is 1.51. The summed E-state index contributed by atoms with van der Waals surface area (Å²) < 4.78 is 0. The highest BCUT2D eigenvalue weighted by atomic mass is 16.3. The lowest BCUT2D eigenvalue weighted by Crippen LogP contribution is -2.66. The van der Waals surface area contributed by atoms with Crippen LogP contribution in [0.25, 0.3) is 0 Å². The van der Waals surface area contributed by atoms with Gasteiger partial charge >= 0.3 is 0 Å². The van der Waals surface area contributed by atoms with E-state index >= 15 is 0 Å². The minimum atomic E-state index is -0.325. The van der Waals surface area contributed by atoms with Crippen LogP contribution in [0.15, 0.2) is 11.5 Å². The van der Waals surface area contributed by atoms with Crippen LogP contribution in [0.2, 0.25) is 0 Å². The van der Waals surface area contributed by atoms with Gasteiger partial charge in [-0.3, -0.25) is 0 Å². The fraction of sp³-hybridized carbons (Fsp3) is 0.933. The van der Waals surface area contributed by atoms with Crippen molar-refractivity contribution >= 4 is 0 Å². The summed E-state index contributed by atoms with van der Waals surface area (Å²) in [6.45, 7) is 19.8. The molecule has 0 saturated heterocycles. The summed E-state index contributed by atoms with van der Waals surface area (Å²) in [7, 11) is 0. The molecule has 4 saturated carbocycles. The number of allylic oxidation sites excluding steroid dienone is 2. The van der Waals surface area contributed by atoms with Crippen molar-refractivity contribution in [1.82, 2.24) is 0 Å². The summed E-state index contributed by atoms with van der Waals surface area (Å²) in [4.78, 5) is 0. The van der Waals surface area contributed by atoms with Crippen molar-refractivity contribution in [3.05, 3.63) is 11.5 Å². The van der Waals surface area contributed by atoms with Gasteiger partial charge in [-0.15, -0.1) is 0 Å². The predicted molar refractivity (Wildman–Crippen MR) is 132 cm³/mol. The van der Waals surface area contributed by atoms with Crippen molar-refractivity contribution in [3.63, 3.8) is 0 Å². The first kappa shape index (κ1) is 23.1. The quantitative estimate of drug-likeness (QED) is 0.393. The van der Waals surface area contributed by atoms with E-state index in [2.05, 4.69) is 55.4 Å². The van der Waals surface area contributed by atoms with Gasteiger partial charge in [0.25, 0.3) is 0 Å². The molecule has 2 N–H and O–H groups in total. The fourth-order valence-corrected chi connectivity index (χ4v) is 11.1. The lowest BCUT2D eigenvalue weighted by Gasteiger charge is -2.73. The Labute approximate surface area is 197 Å². The summed E-state index contributed by atoms with van der Waals surface area (Å²) in [6.07, 6.45) is 12.8. The average Bonchev–Trinajstić information content (AvgIpc) is 2.68. The third-order valence-corrected chi connectivity index (χ3v) is 13.2. The molecule has 32 heavy (non-hydrogen) atoms. The Morgan fingerprint density at radius 3 is 2.00 bits per heavy atom. The van der Waals surface area contributed by atoms with Gasteiger partial charge in [-0.05, 0) is 109 Å². The molecule has 0 aliphatic heterocycles. The van der Waals surface area contributed by atoms with E-state index in [0.717, 1.165) is 11.8 Å². The second-order valence-electron chi connectivity index (χ2n) is 15.5. The first-order valence-corrected chi connectivity index (χ1v) is 13.7. The van der Waals surface area contributed by atoms with E-state index < -0.39 is 0 Å². The van der Waals surface area contributed by atoms with Crippen LogP contribution in [0, 0.1) is 56.2 Å². The van der Waals surface area contributed by atoms with Crippen molar-refractivity contribution in [1.29, 1.82) is 0 Å². The Morgan fingerprint density at radius 2 is 1.31 bits per heavy atom. The molecule has 4 fully saturated rings. The molecule has 8 atom stereocenters. The van der Waals surface area contributed by atoms with E-state index in [4.69, 9.17) is 0 Å². The molecule has 0 radical (unpaired) electrons. The summed E-state index contributed by atoms with van der Waals surface area (Å²) >= 11 is 0. The van der Waals surface area contributed by atoms with E-state index in [1.54, 1.807) is 0 Å². The third-order valence-electron chi connectivity index (χ3n) is 13.2. The number of aliphatic hydroxyl groups is 2. The van der Waals surface area contributed by atoms with Gasteiger partial charge < -0.3 is 10.2 Å². The molecule has 0 amide bonds. The SMILES string of the molecule is CC1(C)CC[C@]2(C)CC[C@]3(C)[C@H](CC[C@@H]4[C@@]5(C)CC(O)=C(O)C(C)(C)C5CC[C@]43C)[C@H]2C1. The molecule has 182 valence electrons. The lowest BCUT2D eigenvalue weighted by molar-refractivity contribution is -0.239. The van der Waals surface area contributed by atoms with Gasteiger partial charge in [0.2, 0.25) is 0 Å². The van der Waals surface area contributed by atoms with Gasteiger partial charge in [0.15, 0.2) is 0 Å². The first-order chi connectivity index (χ1) is 14.6. The van der Waals surface area contributed by atoms with Crippen LogP contribution < -0.4 is 0 Å². The van der Waals surface area contributed by atoms with Gasteiger partial charge in [-0.2, -0.15) is 0 Å². The average molecular weight is 443 g/mol. The van der Waals surface area contributed by atoms with E-state index in [1.165, 1.54) is 57.8 Å². The van der Waals surface area contributed by atoms with Gasteiger partial charge in [0, 0.05) is 11.8 Å². The molecule has 0 spiro atoms. The van der Waals surface area contributed by atoms with Crippen molar-refractivity contribution < 1.29 is 10.2 Å². The molecule has 0 bridgehead atoms. The summed E-state index contributed by atoms with van der Waals surface area (Å²) in [6, 6.07) is 0. The molecule has 0 aromatic rings. The zero-order chi connectivity index (χ0) is 23.5. The van der Waals surface area contributed by atoms with Crippen LogP contribution in [0.3, 0.4) is 0 Å². The third kappa shape index (κ3) is 2.70. The lowest BCUT2D eigenvalue weighted by atomic mass is 9.32. The van der Waals surface area contributed by atoms with Gasteiger partial charge in [-0.25, -0.2) is 0 Å². The topological polar surface area (TPSA) is 40.5 Å². The Kier molecular flexibility index (Phi) is 4.70. The van der Waals surface area contributed by atoms with Gasteiger partial charge in [0.1, 0.15) is 11.5 Å². The standard InChI is InChI=1S/C30H50O2/c1-25(2)13-14-27(5)15-16-29(7)19(20(27)17-25)9-10-23-28(6)18-21(31)24(32)26(3,4)22(28)11-12-30(23,29)8/h19-20,22-23,31-32H,9-18H2,1-8H3/t19-,20-,22?,23-,27-,28+,29-,30-/m1/s1. The number of hydrogen-bond donors (Lipinski definition) is 2. The van der Waals surface area contributed by atoms with Crippen LogP contribution in [0.4, 0.5) is 0 Å². The smallest absolute Gasteiger partial charge is 0.135 e. The van der Waals surface area contributed by atoms with Crippen LogP contribution >= 0.6 is 0 Å². The zero-order valence-corrected chi connectivity index (χ0v) is 22.3. The van der Waals surface area contributed by atoms with Gasteiger partial charge in [-0.1, -0.05) is 55.4 Å². The molecule has 5 rings (SSSR count). The van der Waals surface area contributed by atoms with Crippen LogP contribution in [0.5, 0.6) is 0 Å². The van der Waals surface area contributed by atoms with Crippen molar-refractivity contribution in [2.24, 2.45) is 56.2 Å². The second kappa shape index (κ2) is 6.51. The van der Waals surface area contributed by atoms with E-state index in [9.17, 15) is 10.2 Å². The molecule has 5 aliphatic carbocycles. The summed E-state index contributed by atoms with van der Waals surface area (Å²) in [5.74, 6) is 3.33. The maximum atomic E-state index is 10.9. The molecule has 5 aliphatic rings. The highest BCUT2D eigenvalue weighted by Crippen LogP contribution is 2.77. The molecule has 0 aromatic heterocycles. The summed E-state index contributed by atoms with van der Waals surface area (Å²) in [5, 5.41) is 21.7. The normalized spacial score (nSPS) is 54.1. The van der Waals surface area contributed by atoms with Crippen molar-refractivity contribution in [2.45, 2.75) is 120 Å². The molecular formula is C30H50O2. The van der Waals surface area contributed by atoms with Crippen molar-refractivity contribution in [3.8, 4) is 0 Å². The van der Waals surface area contributed by atoms with Crippen LogP contribution in [0.1, 0.15) is 120 Å². The van der Waals surface area contributed by atoms with Crippen LogP contribution in [-0.2, 0) is 0 Å². The monoisotopic (exact) mass is 442 g/mol. The highest BCUT2D eigenvalue weighted by molar-refractivity contribution is 5.25. The van der Waals surface area contributed by atoms with Gasteiger partial charge in [0.05, 0.1) is 0 Å². The number of fused-ring (bicyclic) bond motifs is 7. The van der Waals surface area contributed by atoms with E-state index in [1.807, 2.05) is 0 Å². The van der Waals surface area contributed by atoms with Crippen LogP contribution in [-0.4, -0.2) is 10.2 Å². The molecule has 0 heterocycles. The van der Waals surface area contributed by atoms with Crippen molar-refractivity contribution in [2.75, 3.05) is 0 Å². The highest BCUT2D eigenvalue weighted by Gasteiger charge is 2.69. The Morgan fingerprint density at radius 1 is 0.656 bits per heavy atom. The second-order valence-corrected chi connectivity index (χ2v) is 15.5. The van der Waals surface area contributed by atoms with E-state index in [-0.39, 0.29) is 22.3 Å². The Balaban J connectivity index is 1.55. The Bertz CT molecular complexity index is 838. The molecule has 2 heteroatoms. The first-order valence-electron chi connectivity index (χ1n) is 13.7. The number of rotatable bonds is 0. The number of aliphatic hydroxyl groups excluding tert-OH is 2. The maximum absolute atomic E-state index is 10.9. The predicted octanol–water partition coefficient (Wildman–Crippen LogP) is 8.83.